The molecule has 6 heterocycles. The zero-order chi connectivity index (χ0) is 25.8. The van der Waals surface area contributed by atoms with Crippen LogP contribution in [0.15, 0.2) is 6.33 Å². The van der Waals surface area contributed by atoms with Gasteiger partial charge in [-0.25, -0.2) is 10.1 Å². The fourth-order valence-electron chi connectivity index (χ4n) is 5.14. The highest BCUT2D eigenvalue weighted by molar-refractivity contribution is 7.71. The summed E-state index contributed by atoms with van der Waals surface area (Å²) in [4.78, 5) is 43.0. The van der Waals surface area contributed by atoms with Crippen molar-refractivity contribution in [1.29, 1.82) is 0 Å². The number of nitrogens with zero attached hydrogens (tertiary/aromatic N) is 5. The van der Waals surface area contributed by atoms with Gasteiger partial charge >= 0.3 is 7.60 Å². The minimum atomic E-state index is -4.76. The van der Waals surface area contributed by atoms with Crippen LogP contribution in [0.3, 0.4) is 0 Å². The maximum atomic E-state index is 12.0. The van der Waals surface area contributed by atoms with E-state index in [1.165, 1.54) is 10.9 Å². The van der Waals surface area contributed by atoms with Crippen LogP contribution in [0.2, 0.25) is 5.28 Å². The first-order valence-electron chi connectivity index (χ1n) is 11.4. The van der Waals surface area contributed by atoms with E-state index in [0.29, 0.717) is 17.3 Å². The zero-order valence-electron chi connectivity index (χ0n) is 19.0. The Labute approximate surface area is 210 Å². The molecule has 18 heteroatoms. The van der Waals surface area contributed by atoms with Crippen LogP contribution in [0.25, 0.3) is 11.2 Å². The number of rotatable bonds is 8. The minimum Gasteiger partial charge on any atom is -0.387 e. The highest BCUT2D eigenvalue weighted by Gasteiger charge is 2.45. The predicted octanol–water partition coefficient (Wildman–Crippen LogP) is -0.485. The first-order valence-corrected chi connectivity index (χ1v) is 15.4. The van der Waals surface area contributed by atoms with Crippen molar-refractivity contribution in [1.82, 2.24) is 29.5 Å². The fourth-order valence-corrected chi connectivity index (χ4v) is 8.17. The van der Waals surface area contributed by atoms with Crippen LogP contribution in [-0.4, -0.2) is 106 Å². The number of anilines is 1. The summed E-state index contributed by atoms with van der Waals surface area (Å²) in [6.07, 6.45) is -1.69. The van der Waals surface area contributed by atoms with Gasteiger partial charge in [0.05, 0.1) is 6.33 Å². The van der Waals surface area contributed by atoms with Crippen molar-refractivity contribution < 1.29 is 38.8 Å². The highest BCUT2D eigenvalue weighted by Crippen LogP contribution is 2.52. The number of nitrogens with one attached hydrogen (secondary N) is 2. The molecule has 0 radical (unpaired) electrons. The molecule has 2 aromatic heterocycles. The molecule has 4 aliphatic heterocycles. The Bertz CT molecular complexity index is 1220. The molecule has 15 nitrogen and oxygen atoms in total. The van der Waals surface area contributed by atoms with Gasteiger partial charge in [0.25, 0.3) is 7.52 Å². The van der Waals surface area contributed by atoms with Gasteiger partial charge in [-0.05, 0) is 43.5 Å². The molecule has 4 unspecified atom stereocenters. The van der Waals surface area contributed by atoms with E-state index in [2.05, 4.69) is 30.3 Å². The van der Waals surface area contributed by atoms with Crippen LogP contribution in [-0.2, 0) is 13.9 Å². The molecule has 0 aliphatic carbocycles. The molecule has 4 aliphatic rings. The standard InChI is InChI=1S/C18H28ClN7O8P2/c19-18-23-15(22-10-6-25-3-1-9(10)2-4-25)12-16(24-18)26(7-20-12)17-14(28)13(27)11(34-17)5-21-35(29,30)8-36(31,32)33/h7,9-11,13-14,17,27-28H,1-6,8H2,(H2,21,29,30)(H,22,23,24)(H2,31,32,33)/t10?,11-,13?,14?,17-/m1/s1. The van der Waals surface area contributed by atoms with Crippen LogP contribution in [0.1, 0.15) is 19.1 Å². The van der Waals surface area contributed by atoms with Crippen molar-refractivity contribution in [3.63, 3.8) is 0 Å². The monoisotopic (exact) mass is 567 g/mol. The van der Waals surface area contributed by atoms with Crippen LogP contribution in [0.5, 0.6) is 0 Å². The van der Waals surface area contributed by atoms with E-state index >= 15 is 0 Å². The second-order valence-corrected chi connectivity index (χ2v) is 14.0. The maximum absolute atomic E-state index is 12.0. The van der Waals surface area contributed by atoms with Crippen LogP contribution in [0.4, 0.5) is 5.82 Å². The Morgan fingerprint density at radius 1 is 1.14 bits per heavy atom. The van der Waals surface area contributed by atoms with Gasteiger partial charge in [-0.3, -0.25) is 13.7 Å². The average Bonchev–Trinajstić information content (AvgIpc) is 3.33. The van der Waals surface area contributed by atoms with Crippen molar-refractivity contribution >= 4 is 43.7 Å². The molecule has 6 rings (SSSR count). The number of piperidine rings is 3. The first kappa shape index (κ1) is 26.4. The van der Waals surface area contributed by atoms with E-state index in [1.54, 1.807) is 0 Å². The smallest absolute Gasteiger partial charge is 0.336 e. The molecular weight excluding hydrogens is 540 g/mol. The number of hydrogen-bond donors (Lipinski definition) is 7. The lowest BCUT2D eigenvalue weighted by atomic mass is 9.84. The molecule has 4 fully saturated rings. The van der Waals surface area contributed by atoms with E-state index in [1.807, 2.05) is 0 Å². The Balaban J connectivity index is 1.34. The lowest BCUT2D eigenvalue weighted by Gasteiger charge is -2.45. The molecule has 0 spiro atoms. The van der Waals surface area contributed by atoms with Crippen molar-refractivity contribution in [2.45, 2.75) is 43.4 Å². The van der Waals surface area contributed by atoms with Gasteiger partial charge in [0.2, 0.25) is 5.28 Å². The van der Waals surface area contributed by atoms with E-state index in [-0.39, 0.29) is 17.0 Å². The summed E-state index contributed by atoms with van der Waals surface area (Å²) in [5.41, 5.74) is 0.669. The van der Waals surface area contributed by atoms with Gasteiger partial charge in [0.15, 0.2) is 23.2 Å². The number of halogens is 1. The summed E-state index contributed by atoms with van der Waals surface area (Å²) in [6.45, 7) is 2.60. The third-order valence-corrected chi connectivity index (χ3v) is 10.8. The maximum Gasteiger partial charge on any atom is 0.336 e. The normalized spacial score (nSPS) is 34.2. The molecule has 0 aromatic carbocycles. The molecule has 36 heavy (non-hydrogen) atoms. The number of fused-ring (bicyclic) bond motifs is 4. The molecule has 7 N–H and O–H groups in total. The third kappa shape index (κ3) is 5.47. The SMILES string of the molecule is O=P(O)(O)CP(=O)(O)NC[C@H]1O[C@@H](n2cnc3c(NC4CN5CCC4CC5)nc(Cl)nc32)C(O)C1O. The Morgan fingerprint density at radius 2 is 1.86 bits per heavy atom. The van der Waals surface area contributed by atoms with Crippen molar-refractivity contribution in [2.75, 3.05) is 37.4 Å². The summed E-state index contributed by atoms with van der Waals surface area (Å²) in [5, 5.41) is 26.6. The topological polar surface area (TPSA) is 215 Å². The van der Waals surface area contributed by atoms with Gasteiger partial charge in [-0.15, -0.1) is 0 Å². The molecule has 200 valence electrons. The second kappa shape index (κ2) is 9.83. The number of aliphatic hydroxyl groups excluding tert-OH is 2. The van der Waals surface area contributed by atoms with Gasteiger partial charge in [-0.2, -0.15) is 9.97 Å². The van der Waals surface area contributed by atoms with Gasteiger partial charge in [0, 0.05) is 19.1 Å². The van der Waals surface area contributed by atoms with Crippen LogP contribution in [0, 0.1) is 5.92 Å². The fraction of sp³-hybridized carbons (Fsp3) is 0.722. The van der Waals surface area contributed by atoms with Crippen molar-refractivity contribution in [3.05, 3.63) is 11.6 Å². The third-order valence-electron chi connectivity index (χ3n) is 6.90. The highest BCUT2D eigenvalue weighted by atomic mass is 35.5. The molecule has 2 aromatic rings. The average molecular weight is 568 g/mol. The summed E-state index contributed by atoms with van der Waals surface area (Å²) in [5.74, 6) is -0.309. The number of hydrogen-bond acceptors (Lipinski definition) is 10. The predicted molar refractivity (Wildman–Crippen MR) is 128 cm³/mol. The Hall–Kier alpha value is -1.22. The second-order valence-electron chi connectivity index (χ2n) is 9.47. The molecule has 6 atom stereocenters. The van der Waals surface area contributed by atoms with Gasteiger partial charge < -0.3 is 39.8 Å². The molecule has 4 saturated heterocycles. The van der Waals surface area contributed by atoms with Gasteiger partial charge in [0.1, 0.15) is 24.2 Å². The number of aliphatic hydroxyl groups is 2. The summed E-state index contributed by atoms with van der Waals surface area (Å²) in [7, 11) is -9.18. The zero-order valence-corrected chi connectivity index (χ0v) is 21.5. The number of aromatic nitrogens is 4. The van der Waals surface area contributed by atoms with Crippen LogP contribution >= 0.6 is 26.7 Å². The van der Waals surface area contributed by atoms with E-state index in [9.17, 15) is 24.2 Å². The van der Waals surface area contributed by atoms with Crippen molar-refractivity contribution in [2.24, 2.45) is 5.92 Å². The largest absolute Gasteiger partial charge is 0.387 e. The van der Waals surface area contributed by atoms with Crippen molar-refractivity contribution in [3.8, 4) is 0 Å². The Morgan fingerprint density at radius 3 is 2.50 bits per heavy atom. The summed E-state index contributed by atoms with van der Waals surface area (Å²) in [6, 6.07) is 0.180. The molecule has 0 saturated carbocycles. The summed E-state index contributed by atoms with van der Waals surface area (Å²) >= 11 is 6.20. The molecular formula is C18H28ClN7O8P2. The number of ether oxygens (including phenoxy) is 1. The Kier molecular flexibility index (Phi) is 7.20. The van der Waals surface area contributed by atoms with E-state index < -0.39 is 52.1 Å². The minimum absolute atomic E-state index is 0.0436. The lowest BCUT2D eigenvalue weighted by Crippen LogP contribution is -2.53. The molecule has 0 amide bonds. The quantitative estimate of drug-likeness (QED) is 0.158. The first-order chi connectivity index (χ1) is 16.9. The van der Waals surface area contributed by atoms with Crippen LogP contribution < -0.4 is 10.4 Å². The van der Waals surface area contributed by atoms with Gasteiger partial charge in [-0.1, -0.05) is 0 Å². The van der Waals surface area contributed by atoms with E-state index in [4.69, 9.17) is 26.1 Å². The lowest BCUT2D eigenvalue weighted by molar-refractivity contribution is -0.0331. The van der Waals surface area contributed by atoms with E-state index in [0.717, 1.165) is 32.5 Å². The number of imidazole rings is 1. The summed E-state index contributed by atoms with van der Waals surface area (Å²) < 4.78 is 30.2. The molecule has 2 bridgehead atoms.